The highest BCUT2D eigenvalue weighted by Crippen LogP contribution is 2.16. The van der Waals surface area contributed by atoms with Crippen molar-refractivity contribution in [1.29, 1.82) is 0 Å². The zero-order valence-electron chi connectivity index (χ0n) is 8.43. The summed E-state index contributed by atoms with van der Waals surface area (Å²) in [6, 6.07) is 7.58. The fourth-order valence-electron chi connectivity index (χ4n) is 1.12. The number of nitrogens with zero attached hydrogens (tertiary/aromatic N) is 2. The monoisotopic (exact) mass is 279 g/mol. The summed E-state index contributed by atoms with van der Waals surface area (Å²) < 4.78 is 6.52. The molecule has 0 spiro atoms. The van der Waals surface area contributed by atoms with Crippen LogP contribution in [0.5, 0.6) is 5.75 Å². The molecule has 0 saturated carbocycles. The number of hydrogen-bond acceptors (Lipinski definition) is 4. The number of rotatable bonds is 3. The van der Waals surface area contributed by atoms with Gasteiger partial charge in [-0.3, -0.25) is 0 Å². The van der Waals surface area contributed by atoms with Crippen molar-refractivity contribution in [1.82, 2.24) is 9.97 Å². The first kappa shape index (κ1) is 10.9. The highest BCUT2D eigenvalue weighted by Gasteiger charge is 1.98. The molecule has 0 radical (unpaired) electrons. The number of halogens is 1. The molecule has 0 fully saturated rings. The Morgan fingerprint density at radius 2 is 1.75 bits per heavy atom. The van der Waals surface area contributed by atoms with Crippen LogP contribution in [0.25, 0.3) is 0 Å². The van der Waals surface area contributed by atoms with Crippen LogP contribution in [0.3, 0.4) is 0 Å². The zero-order chi connectivity index (χ0) is 11.4. The molecule has 0 aliphatic heterocycles. The average molecular weight is 280 g/mol. The molecule has 2 rings (SSSR count). The van der Waals surface area contributed by atoms with E-state index in [0.29, 0.717) is 18.1 Å². The minimum absolute atomic E-state index is 0.335. The lowest BCUT2D eigenvalue weighted by molar-refractivity contribution is 0.296. The molecule has 16 heavy (non-hydrogen) atoms. The molecule has 0 saturated heterocycles. The molecule has 2 aromatic rings. The molecule has 0 aliphatic carbocycles. The Balaban J connectivity index is 1.97. The minimum atomic E-state index is 0.335. The van der Waals surface area contributed by atoms with Crippen molar-refractivity contribution in [3.63, 3.8) is 0 Å². The Bertz CT molecular complexity index is 410. The van der Waals surface area contributed by atoms with E-state index < -0.39 is 0 Å². The predicted octanol–water partition coefficient (Wildman–Crippen LogP) is 2.40. The van der Waals surface area contributed by atoms with Gasteiger partial charge in [0.25, 0.3) is 0 Å². The fraction of sp³-hybridized carbons (Fsp3) is 0.0909. The molecule has 5 heteroatoms. The first-order chi connectivity index (χ1) is 7.74. The Labute approximate surface area is 102 Å². The number of nitrogen functional groups attached to an aromatic ring is 1. The molecule has 1 heterocycles. The molecule has 1 aromatic carbocycles. The van der Waals surface area contributed by atoms with Crippen LogP contribution in [-0.4, -0.2) is 9.97 Å². The van der Waals surface area contributed by atoms with Crippen LogP contribution in [0.15, 0.2) is 41.1 Å². The molecule has 82 valence electrons. The Kier molecular flexibility index (Phi) is 3.36. The maximum absolute atomic E-state index is 5.50. The SMILES string of the molecule is Nc1cnc(COc2ccc(Br)cc2)nc1. The van der Waals surface area contributed by atoms with E-state index in [1.54, 1.807) is 12.4 Å². The molecule has 0 atom stereocenters. The molecular formula is C11H10BrN3O. The lowest BCUT2D eigenvalue weighted by Gasteiger charge is -2.04. The van der Waals surface area contributed by atoms with Crippen molar-refractivity contribution >= 4 is 21.6 Å². The van der Waals surface area contributed by atoms with Crippen molar-refractivity contribution in [3.8, 4) is 5.75 Å². The second-order valence-corrected chi connectivity index (χ2v) is 4.09. The summed E-state index contributed by atoms with van der Waals surface area (Å²) in [5, 5.41) is 0. The summed E-state index contributed by atoms with van der Waals surface area (Å²) in [5.41, 5.74) is 6.03. The van der Waals surface area contributed by atoms with Crippen LogP contribution in [0.2, 0.25) is 0 Å². The second kappa shape index (κ2) is 4.94. The van der Waals surface area contributed by atoms with E-state index in [9.17, 15) is 0 Å². The van der Waals surface area contributed by atoms with E-state index in [1.165, 1.54) is 0 Å². The quantitative estimate of drug-likeness (QED) is 0.937. The maximum Gasteiger partial charge on any atom is 0.166 e. The van der Waals surface area contributed by atoms with Gasteiger partial charge < -0.3 is 10.5 Å². The second-order valence-electron chi connectivity index (χ2n) is 3.18. The van der Waals surface area contributed by atoms with Crippen LogP contribution in [0.1, 0.15) is 5.82 Å². The molecular weight excluding hydrogens is 270 g/mol. The number of nitrogens with two attached hydrogens (primary N) is 1. The van der Waals surface area contributed by atoms with Gasteiger partial charge in [0.05, 0.1) is 18.1 Å². The first-order valence-corrected chi connectivity index (χ1v) is 5.48. The van der Waals surface area contributed by atoms with E-state index in [2.05, 4.69) is 25.9 Å². The van der Waals surface area contributed by atoms with Crippen molar-refractivity contribution in [3.05, 3.63) is 47.0 Å². The van der Waals surface area contributed by atoms with Gasteiger partial charge in [0.15, 0.2) is 5.82 Å². The molecule has 4 nitrogen and oxygen atoms in total. The van der Waals surface area contributed by atoms with E-state index in [0.717, 1.165) is 10.2 Å². The smallest absolute Gasteiger partial charge is 0.166 e. The van der Waals surface area contributed by atoms with Crippen molar-refractivity contribution in [2.75, 3.05) is 5.73 Å². The lowest BCUT2D eigenvalue weighted by Crippen LogP contribution is -2.01. The minimum Gasteiger partial charge on any atom is -0.486 e. The Morgan fingerprint density at radius 1 is 1.12 bits per heavy atom. The van der Waals surface area contributed by atoms with Gasteiger partial charge in [0, 0.05) is 4.47 Å². The summed E-state index contributed by atoms with van der Waals surface area (Å²) in [4.78, 5) is 8.08. The zero-order valence-corrected chi connectivity index (χ0v) is 10.0. The van der Waals surface area contributed by atoms with Gasteiger partial charge in [-0.05, 0) is 24.3 Å². The van der Waals surface area contributed by atoms with Gasteiger partial charge in [0.2, 0.25) is 0 Å². The molecule has 0 aliphatic rings. The number of benzene rings is 1. The number of ether oxygens (including phenoxy) is 1. The number of anilines is 1. The third kappa shape index (κ3) is 2.93. The third-order valence-electron chi connectivity index (χ3n) is 1.91. The largest absolute Gasteiger partial charge is 0.486 e. The van der Waals surface area contributed by atoms with Crippen LogP contribution >= 0.6 is 15.9 Å². The standard InChI is InChI=1S/C11H10BrN3O/c12-8-1-3-10(4-2-8)16-7-11-14-5-9(13)6-15-11/h1-6H,7,13H2. The molecule has 0 unspecified atom stereocenters. The predicted molar refractivity (Wildman–Crippen MR) is 64.9 cm³/mol. The van der Waals surface area contributed by atoms with Gasteiger partial charge in [-0.25, -0.2) is 9.97 Å². The number of hydrogen-bond donors (Lipinski definition) is 1. The van der Waals surface area contributed by atoms with Crippen LogP contribution in [-0.2, 0) is 6.61 Å². The third-order valence-corrected chi connectivity index (χ3v) is 2.44. The molecule has 0 bridgehead atoms. The summed E-state index contributed by atoms with van der Waals surface area (Å²) in [5.74, 6) is 1.39. The molecule has 1 aromatic heterocycles. The number of aromatic nitrogens is 2. The van der Waals surface area contributed by atoms with Crippen molar-refractivity contribution < 1.29 is 4.74 Å². The highest BCUT2D eigenvalue weighted by atomic mass is 79.9. The fourth-order valence-corrected chi connectivity index (χ4v) is 1.38. The highest BCUT2D eigenvalue weighted by molar-refractivity contribution is 9.10. The normalized spacial score (nSPS) is 10.1. The molecule has 2 N–H and O–H groups in total. The van der Waals surface area contributed by atoms with Crippen LogP contribution < -0.4 is 10.5 Å². The Hall–Kier alpha value is -1.62. The van der Waals surface area contributed by atoms with Gasteiger partial charge >= 0.3 is 0 Å². The van der Waals surface area contributed by atoms with E-state index >= 15 is 0 Å². The maximum atomic E-state index is 5.50. The summed E-state index contributed by atoms with van der Waals surface area (Å²) in [7, 11) is 0. The van der Waals surface area contributed by atoms with Gasteiger partial charge in [-0.2, -0.15) is 0 Å². The summed E-state index contributed by atoms with van der Waals surface area (Å²) >= 11 is 3.36. The summed E-state index contributed by atoms with van der Waals surface area (Å²) in [6.45, 7) is 0.335. The summed E-state index contributed by atoms with van der Waals surface area (Å²) in [6.07, 6.45) is 3.13. The topological polar surface area (TPSA) is 61.0 Å². The van der Waals surface area contributed by atoms with Crippen LogP contribution in [0, 0.1) is 0 Å². The lowest BCUT2D eigenvalue weighted by atomic mass is 10.3. The molecule has 0 amide bonds. The van der Waals surface area contributed by atoms with Gasteiger partial charge in [-0.1, -0.05) is 15.9 Å². The van der Waals surface area contributed by atoms with Crippen molar-refractivity contribution in [2.24, 2.45) is 0 Å². The Morgan fingerprint density at radius 3 is 2.38 bits per heavy atom. The van der Waals surface area contributed by atoms with Crippen LogP contribution in [0.4, 0.5) is 5.69 Å². The van der Waals surface area contributed by atoms with Gasteiger partial charge in [-0.15, -0.1) is 0 Å². The van der Waals surface area contributed by atoms with Gasteiger partial charge in [0.1, 0.15) is 12.4 Å². The average Bonchev–Trinajstić information content (AvgIpc) is 2.30. The van der Waals surface area contributed by atoms with E-state index in [1.807, 2.05) is 24.3 Å². The van der Waals surface area contributed by atoms with E-state index in [4.69, 9.17) is 10.5 Å². The van der Waals surface area contributed by atoms with E-state index in [-0.39, 0.29) is 0 Å². The first-order valence-electron chi connectivity index (χ1n) is 4.69. The van der Waals surface area contributed by atoms with Crippen molar-refractivity contribution in [2.45, 2.75) is 6.61 Å².